The molecule has 0 spiro atoms. The molecule has 3 N–H and O–H groups in total. The quantitative estimate of drug-likeness (QED) is 0.465. The predicted molar refractivity (Wildman–Crippen MR) is 123 cm³/mol. The van der Waals surface area contributed by atoms with E-state index in [9.17, 15) is 0 Å². The van der Waals surface area contributed by atoms with Crippen LogP contribution in [0.15, 0.2) is 41.8 Å². The van der Waals surface area contributed by atoms with Crippen LogP contribution in [0.5, 0.6) is 0 Å². The van der Waals surface area contributed by atoms with Crippen molar-refractivity contribution in [3.63, 3.8) is 0 Å². The van der Waals surface area contributed by atoms with Crippen molar-refractivity contribution in [3.8, 4) is 0 Å². The number of nitrogens with two attached hydrogens (primary N) is 1. The molecule has 4 nitrogen and oxygen atoms in total. The van der Waals surface area contributed by atoms with Gasteiger partial charge in [-0.15, -0.1) is 11.3 Å². The van der Waals surface area contributed by atoms with E-state index in [1.54, 1.807) is 11.3 Å². The number of nitrogens with one attached hydrogen (secondary N) is 1. The Morgan fingerprint density at radius 3 is 2.61 bits per heavy atom. The molecule has 4 rings (SSSR count). The summed E-state index contributed by atoms with van der Waals surface area (Å²) in [5.41, 5.74) is 8.45. The third kappa shape index (κ3) is 6.90. The van der Waals surface area contributed by atoms with Crippen LogP contribution < -0.4 is 11.1 Å². The molecule has 1 aliphatic heterocycles. The molecule has 0 saturated carbocycles. The summed E-state index contributed by atoms with van der Waals surface area (Å²) < 4.78 is 6.09. The third-order valence-corrected chi connectivity index (χ3v) is 5.58. The summed E-state index contributed by atoms with van der Waals surface area (Å²) in [6.07, 6.45) is 2.28. The maximum Gasteiger partial charge on any atom is 0.131 e. The zero-order valence-electron chi connectivity index (χ0n) is 16.3. The zero-order valence-corrected chi connectivity index (χ0v) is 18.6. The highest BCUT2D eigenvalue weighted by atomic mass is 35.5. The number of halogens is 2. The van der Waals surface area contributed by atoms with E-state index in [1.165, 1.54) is 5.56 Å². The van der Waals surface area contributed by atoms with Crippen LogP contribution in [0.4, 0.5) is 5.69 Å². The van der Waals surface area contributed by atoms with Crippen molar-refractivity contribution in [2.45, 2.75) is 39.3 Å². The van der Waals surface area contributed by atoms with E-state index in [0.29, 0.717) is 16.2 Å². The molecule has 1 fully saturated rings. The highest BCUT2D eigenvalue weighted by molar-refractivity contribution is 7.18. The lowest BCUT2D eigenvalue weighted by Gasteiger charge is -2.16. The van der Waals surface area contributed by atoms with Crippen molar-refractivity contribution in [1.29, 1.82) is 0 Å². The molecule has 3 aromatic rings. The number of thiophene rings is 1. The van der Waals surface area contributed by atoms with Crippen molar-refractivity contribution in [3.05, 3.63) is 57.5 Å². The first kappa shape index (κ1) is 22.9. The number of aromatic nitrogens is 1. The van der Waals surface area contributed by atoms with E-state index in [0.717, 1.165) is 48.5 Å². The second-order valence-corrected chi connectivity index (χ2v) is 7.74. The molecule has 2 aromatic heterocycles. The van der Waals surface area contributed by atoms with E-state index in [2.05, 4.69) is 22.4 Å². The summed E-state index contributed by atoms with van der Waals surface area (Å²) in [6.45, 7) is 6.42. The molecule has 7 heteroatoms. The van der Waals surface area contributed by atoms with Gasteiger partial charge in [0.1, 0.15) is 10.7 Å². The first-order valence-corrected chi connectivity index (χ1v) is 11.1. The molecular weight excluding hydrogens is 413 g/mol. The Hall–Kier alpha value is -1.37. The Morgan fingerprint density at radius 2 is 2.00 bits per heavy atom. The van der Waals surface area contributed by atoms with Crippen LogP contribution >= 0.6 is 34.5 Å². The Balaban J connectivity index is 0.000000261. The standard InChI is InChI=1S/C14H10Cl2N2S.C5H11NO.C2H6/c15-10-8-19-14-11(6-12(16)18-13(10)14)17-7-9-4-2-1-3-5-9;6-5-2-1-3-7-4-5;1-2/h1-6,8H,7H2,(H,17,18);5H,1-4,6H2;1-2H3. The molecule has 1 atom stereocenters. The van der Waals surface area contributed by atoms with Gasteiger partial charge in [0.15, 0.2) is 0 Å². The topological polar surface area (TPSA) is 60.2 Å². The fraction of sp³-hybridized carbons (Fsp3) is 0.381. The van der Waals surface area contributed by atoms with Crippen LogP contribution in [0, 0.1) is 0 Å². The molecule has 0 aliphatic carbocycles. The second kappa shape index (κ2) is 12.2. The van der Waals surface area contributed by atoms with E-state index >= 15 is 0 Å². The lowest BCUT2D eigenvalue weighted by Crippen LogP contribution is -2.30. The van der Waals surface area contributed by atoms with E-state index in [4.69, 9.17) is 33.7 Å². The van der Waals surface area contributed by atoms with Gasteiger partial charge in [0.25, 0.3) is 0 Å². The Labute approximate surface area is 181 Å². The van der Waals surface area contributed by atoms with Gasteiger partial charge < -0.3 is 15.8 Å². The number of pyridine rings is 1. The minimum absolute atomic E-state index is 0.314. The number of anilines is 1. The fourth-order valence-electron chi connectivity index (χ4n) is 2.64. The van der Waals surface area contributed by atoms with Gasteiger partial charge in [-0.25, -0.2) is 4.98 Å². The number of benzene rings is 1. The van der Waals surface area contributed by atoms with E-state index < -0.39 is 0 Å². The molecule has 1 aliphatic rings. The SMILES string of the molecule is CC.Clc1cc(NCc2ccccc2)c2scc(Cl)c2n1.NC1CCCOC1. The second-order valence-electron chi connectivity index (χ2n) is 6.07. The molecule has 0 radical (unpaired) electrons. The number of ether oxygens (including phenoxy) is 1. The predicted octanol–water partition coefficient (Wildman–Crippen LogP) is 6.37. The molecule has 1 aromatic carbocycles. The molecular formula is C21H27Cl2N3OS. The molecule has 1 unspecified atom stereocenters. The van der Waals surface area contributed by atoms with Gasteiger partial charge in [0, 0.05) is 30.6 Å². The van der Waals surface area contributed by atoms with E-state index in [-0.39, 0.29) is 0 Å². The van der Waals surface area contributed by atoms with Crippen LogP contribution in [0.25, 0.3) is 10.2 Å². The average Bonchev–Trinajstić information content (AvgIpc) is 3.10. The van der Waals surface area contributed by atoms with Crippen molar-refractivity contribution < 1.29 is 4.74 Å². The lowest BCUT2D eigenvalue weighted by molar-refractivity contribution is 0.0822. The minimum Gasteiger partial charge on any atom is -0.380 e. The third-order valence-electron chi connectivity index (χ3n) is 3.97. The number of hydrogen-bond donors (Lipinski definition) is 2. The van der Waals surface area contributed by atoms with Crippen LogP contribution in [-0.2, 0) is 11.3 Å². The van der Waals surface area contributed by atoms with Gasteiger partial charge in [-0.05, 0) is 18.4 Å². The number of fused-ring (bicyclic) bond motifs is 1. The van der Waals surface area contributed by atoms with Crippen LogP contribution in [0.1, 0.15) is 32.3 Å². The lowest BCUT2D eigenvalue weighted by atomic mass is 10.1. The summed E-state index contributed by atoms with van der Waals surface area (Å²) in [4.78, 5) is 4.25. The van der Waals surface area contributed by atoms with Crippen molar-refractivity contribution in [1.82, 2.24) is 4.98 Å². The maximum absolute atomic E-state index is 6.10. The molecule has 0 bridgehead atoms. The van der Waals surface area contributed by atoms with Gasteiger partial charge in [0.05, 0.1) is 22.0 Å². The number of rotatable bonds is 3. The normalized spacial score (nSPS) is 15.8. The van der Waals surface area contributed by atoms with Crippen molar-refractivity contribution in [2.24, 2.45) is 5.73 Å². The summed E-state index contributed by atoms with van der Waals surface area (Å²) in [5, 5.41) is 6.35. The maximum atomic E-state index is 6.10. The monoisotopic (exact) mass is 439 g/mol. The largest absolute Gasteiger partial charge is 0.380 e. The van der Waals surface area contributed by atoms with Gasteiger partial charge in [-0.3, -0.25) is 0 Å². The highest BCUT2D eigenvalue weighted by Crippen LogP contribution is 2.35. The summed E-state index contributed by atoms with van der Waals surface area (Å²) in [6, 6.07) is 12.4. The number of hydrogen-bond acceptors (Lipinski definition) is 5. The number of nitrogens with zero attached hydrogens (tertiary/aromatic N) is 1. The molecule has 1 saturated heterocycles. The van der Waals surface area contributed by atoms with E-state index in [1.807, 2.05) is 43.5 Å². The molecule has 0 amide bonds. The minimum atomic E-state index is 0.314. The Morgan fingerprint density at radius 1 is 1.25 bits per heavy atom. The Bertz CT molecular complexity index is 836. The van der Waals surface area contributed by atoms with Crippen LogP contribution in [0.2, 0.25) is 10.2 Å². The van der Waals surface area contributed by atoms with Crippen molar-refractivity contribution >= 4 is 50.4 Å². The van der Waals surface area contributed by atoms with Crippen molar-refractivity contribution in [2.75, 3.05) is 18.5 Å². The summed E-state index contributed by atoms with van der Waals surface area (Å²) in [7, 11) is 0. The zero-order chi connectivity index (χ0) is 20.4. The summed E-state index contributed by atoms with van der Waals surface area (Å²) >= 11 is 13.7. The first-order chi connectivity index (χ1) is 13.6. The van der Waals surface area contributed by atoms with Gasteiger partial charge in [-0.2, -0.15) is 0 Å². The fourth-order valence-corrected chi connectivity index (χ4v) is 4.02. The summed E-state index contributed by atoms with van der Waals surface area (Å²) in [5.74, 6) is 0. The van der Waals surface area contributed by atoms with Crippen LogP contribution in [-0.4, -0.2) is 24.2 Å². The molecule has 28 heavy (non-hydrogen) atoms. The van der Waals surface area contributed by atoms with Gasteiger partial charge in [0.2, 0.25) is 0 Å². The molecule has 152 valence electrons. The van der Waals surface area contributed by atoms with Crippen LogP contribution in [0.3, 0.4) is 0 Å². The first-order valence-electron chi connectivity index (χ1n) is 9.48. The average molecular weight is 440 g/mol. The molecule has 3 heterocycles. The smallest absolute Gasteiger partial charge is 0.131 e. The van der Waals surface area contributed by atoms with Gasteiger partial charge >= 0.3 is 0 Å². The highest BCUT2D eigenvalue weighted by Gasteiger charge is 2.10. The Kier molecular flexibility index (Phi) is 10.0. The van der Waals surface area contributed by atoms with Gasteiger partial charge in [-0.1, -0.05) is 67.4 Å².